The number of rotatable bonds is 6. The van der Waals surface area contributed by atoms with Crippen LogP contribution < -0.4 is 16.4 Å². The van der Waals surface area contributed by atoms with Crippen molar-refractivity contribution in [1.82, 2.24) is 10.3 Å². The van der Waals surface area contributed by atoms with Gasteiger partial charge in [0.05, 0.1) is 0 Å². The first-order valence-electron chi connectivity index (χ1n) is 6.63. The minimum atomic E-state index is -0.139. The maximum absolute atomic E-state index is 12.1. The highest BCUT2D eigenvalue weighted by molar-refractivity contribution is 7.18. The fourth-order valence-corrected chi connectivity index (χ4v) is 2.79. The largest absolute Gasteiger partial charge is 0.382 e. The summed E-state index contributed by atoms with van der Waals surface area (Å²) < 4.78 is 0. The first-order chi connectivity index (χ1) is 8.79. The molecular weight excluding hydrogens is 260 g/mol. The Morgan fingerprint density at radius 3 is 2.47 bits per heavy atom. The predicted octanol–water partition coefficient (Wildman–Crippen LogP) is 2.71. The van der Waals surface area contributed by atoms with Crippen LogP contribution in [0.2, 0.25) is 0 Å². The lowest BCUT2D eigenvalue weighted by atomic mass is 10.1. The van der Waals surface area contributed by atoms with Gasteiger partial charge in [-0.2, -0.15) is 0 Å². The Morgan fingerprint density at radius 2 is 1.95 bits per heavy atom. The van der Waals surface area contributed by atoms with Crippen molar-refractivity contribution in [2.24, 2.45) is 5.92 Å². The molecule has 0 aliphatic carbocycles. The van der Waals surface area contributed by atoms with Gasteiger partial charge in [-0.3, -0.25) is 4.79 Å². The lowest BCUT2D eigenvalue weighted by Gasteiger charge is -2.15. The molecule has 1 amide bonds. The zero-order valence-electron chi connectivity index (χ0n) is 12.3. The Morgan fingerprint density at radius 1 is 1.32 bits per heavy atom. The van der Waals surface area contributed by atoms with Crippen LogP contribution in [0.25, 0.3) is 0 Å². The van der Waals surface area contributed by atoms with Gasteiger partial charge in [-0.15, -0.1) is 0 Å². The molecule has 1 unspecified atom stereocenters. The summed E-state index contributed by atoms with van der Waals surface area (Å²) in [4.78, 5) is 16.8. The minimum absolute atomic E-state index is 0.135. The maximum Gasteiger partial charge on any atom is 0.265 e. The zero-order chi connectivity index (χ0) is 14.6. The first-order valence-corrected chi connectivity index (χ1v) is 7.45. The molecule has 1 atom stereocenters. The van der Waals surface area contributed by atoms with Crippen molar-refractivity contribution in [1.29, 1.82) is 0 Å². The highest BCUT2D eigenvalue weighted by atomic mass is 32.1. The molecule has 1 rings (SSSR count). The van der Waals surface area contributed by atoms with Gasteiger partial charge in [-0.1, -0.05) is 25.2 Å². The monoisotopic (exact) mass is 284 g/mol. The van der Waals surface area contributed by atoms with E-state index in [1.54, 1.807) is 0 Å². The van der Waals surface area contributed by atoms with Crippen LogP contribution in [-0.2, 0) is 0 Å². The van der Waals surface area contributed by atoms with Crippen molar-refractivity contribution in [3.05, 3.63) is 4.88 Å². The smallest absolute Gasteiger partial charge is 0.265 e. The second-order valence-electron chi connectivity index (χ2n) is 5.54. The lowest BCUT2D eigenvalue weighted by Crippen LogP contribution is -2.33. The second-order valence-corrected chi connectivity index (χ2v) is 6.54. The van der Waals surface area contributed by atoms with Crippen LogP contribution in [0.4, 0.5) is 10.9 Å². The quantitative estimate of drug-likeness (QED) is 0.750. The minimum Gasteiger partial charge on any atom is -0.382 e. The van der Waals surface area contributed by atoms with E-state index >= 15 is 0 Å². The third kappa shape index (κ3) is 5.06. The predicted molar refractivity (Wildman–Crippen MR) is 81.7 cm³/mol. The van der Waals surface area contributed by atoms with E-state index in [1.807, 2.05) is 20.8 Å². The van der Waals surface area contributed by atoms with Crippen molar-refractivity contribution < 1.29 is 4.79 Å². The van der Waals surface area contributed by atoms with E-state index in [0.29, 0.717) is 21.7 Å². The molecule has 108 valence electrons. The molecule has 5 nitrogen and oxygen atoms in total. The third-order valence-corrected chi connectivity index (χ3v) is 3.48. The van der Waals surface area contributed by atoms with Crippen molar-refractivity contribution in [3.63, 3.8) is 0 Å². The highest BCUT2D eigenvalue weighted by Crippen LogP contribution is 2.25. The number of aromatic nitrogens is 1. The van der Waals surface area contributed by atoms with Crippen LogP contribution >= 0.6 is 11.3 Å². The van der Waals surface area contributed by atoms with Gasteiger partial charge in [0, 0.05) is 12.1 Å². The fourth-order valence-electron chi connectivity index (χ4n) is 1.86. The van der Waals surface area contributed by atoms with Gasteiger partial charge in [0.2, 0.25) is 0 Å². The summed E-state index contributed by atoms with van der Waals surface area (Å²) in [7, 11) is 0. The van der Waals surface area contributed by atoms with Gasteiger partial charge >= 0.3 is 0 Å². The van der Waals surface area contributed by atoms with Crippen LogP contribution in [0.1, 0.15) is 50.7 Å². The highest BCUT2D eigenvalue weighted by Gasteiger charge is 2.18. The van der Waals surface area contributed by atoms with Crippen molar-refractivity contribution >= 4 is 28.2 Å². The summed E-state index contributed by atoms with van der Waals surface area (Å²) in [5.74, 6) is 0.703. The van der Waals surface area contributed by atoms with Crippen LogP contribution in [-0.4, -0.2) is 23.0 Å². The molecule has 0 fully saturated rings. The number of thiazole rings is 1. The zero-order valence-corrected chi connectivity index (χ0v) is 13.1. The topological polar surface area (TPSA) is 80.0 Å². The summed E-state index contributed by atoms with van der Waals surface area (Å²) >= 11 is 1.30. The Labute approximate surface area is 119 Å². The summed E-state index contributed by atoms with van der Waals surface area (Å²) in [5, 5.41) is 6.80. The number of anilines is 2. The Kier molecular flexibility index (Phi) is 5.60. The number of nitrogen functional groups attached to an aromatic ring is 1. The molecule has 0 bridgehead atoms. The van der Waals surface area contributed by atoms with E-state index in [2.05, 4.69) is 29.5 Å². The van der Waals surface area contributed by atoms with E-state index in [-0.39, 0.29) is 18.0 Å². The lowest BCUT2D eigenvalue weighted by molar-refractivity contribution is 0.0941. The van der Waals surface area contributed by atoms with E-state index in [0.717, 1.165) is 6.42 Å². The molecule has 0 aliphatic heterocycles. The van der Waals surface area contributed by atoms with Crippen LogP contribution in [0.3, 0.4) is 0 Å². The summed E-state index contributed by atoms with van der Waals surface area (Å²) in [6.07, 6.45) is 0.946. The van der Waals surface area contributed by atoms with E-state index in [1.165, 1.54) is 11.3 Å². The first kappa shape index (κ1) is 15.8. The van der Waals surface area contributed by atoms with E-state index < -0.39 is 0 Å². The number of hydrogen-bond donors (Lipinski definition) is 3. The molecule has 1 aromatic heterocycles. The van der Waals surface area contributed by atoms with Crippen LogP contribution in [0.5, 0.6) is 0 Å². The molecule has 0 aliphatic rings. The van der Waals surface area contributed by atoms with Crippen LogP contribution in [0.15, 0.2) is 0 Å². The number of nitrogens with zero attached hydrogens (tertiary/aromatic N) is 1. The maximum atomic E-state index is 12.1. The van der Waals surface area contributed by atoms with Crippen LogP contribution in [0, 0.1) is 5.92 Å². The Hall–Kier alpha value is -1.30. The molecule has 6 heteroatoms. The molecular formula is C13H24N4OS. The molecule has 0 saturated heterocycles. The van der Waals surface area contributed by atoms with Crippen molar-refractivity contribution in [2.75, 3.05) is 11.1 Å². The molecule has 0 spiro atoms. The SMILES string of the molecule is CC(C)CC(C)NC(=O)c1sc(NC(C)C)nc1N. The number of carbonyl (C=O) groups is 1. The standard InChI is InChI=1S/C13H24N4OS/c1-7(2)6-9(5)16-12(18)10-11(14)17-13(19-10)15-8(3)4/h7-9H,6,14H2,1-5H3,(H,15,17)(H,16,18). The van der Waals surface area contributed by atoms with Gasteiger partial charge in [0.25, 0.3) is 5.91 Å². The molecule has 1 aromatic rings. The third-order valence-electron chi connectivity index (χ3n) is 2.47. The fraction of sp³-hybridized carbons (Fsp3) is 0.692. The summed E-state index contributed by atoms with van der Waals surface area (Å²) in [6.45, 7) is 10.3. The van der Waals surface area contributed by atoms with Gasteiger partial charge in [-0.25, -0.2) is 4.98 Å². The van der Waals surface area contributed by atoms with Gasteiger partial charge < -0.3 is 16.4 Å². The van der Waals surface area contributed by atoms with Crippen molar-refractivity contribution in [2.45, 2.75) is 53.1 Å². The number of nitrogens with two attached hydrogens (primary N) is 1. The van der Waals surface area contributed by atoms with Gasteiger partial charge in [0.15, 0.2) is 5.13 Å². The van der Waals surface area contributed by atoms with Crippen molar-refractivity contribution in [3.8, 4) is 0 Å². The van der Waals surface area contributed by atoms with Gasteiger partial charge in [0.1, 0.15) is 10.7 Å². The van der Waals surface area contributed by atoms with E-state index in [4.69, 9.17) is 5.73 Å². The van der Waals surface area contributed by atoms with Gasteiger partial charge in [-0.05, 0) is 33.1 Å². The molecule has 0 saturated carbocycles. The second kappa shape index (κ2) is 6.75. The molecule has 0 radical (unpaired) electrons. The molecule has 1 heterocycles. The van der Waals surface area contributed by atoms with E-state index in [9.17, 15) is 4.79 Å². The number of amides is 1. The average molecular weight is 284 g/mol. The summed E-state index contributed by atoms with van der Waals surface area (Å²) in [6, 6.07) is 0.400. The normalized spacial score (nSPS) is 12.8. The Balaban J connectivity index is 2.69. The molecule has 0 aromatic carbocycles. The number of hydrogen-bond acceptors (Lipinski definition) is 5. The molecule has 4 N–H and O–H groups in total. The molecule has 19 heavy (non-hydrogen) atoms. The number of nitrogens with one attached hydrogen (secondary N) is 2. The number of carbonyl (C=O) groups excluding carboxylic acids is 1. The average Bonchev–Trinajstić information content (AvgIpc) is 2.56. The summed E-state index contributed by atoms with van der Waals surface area (Å²) in [5.41, 5.74) is 5.79. The Bertz CT molecular complexity index is 428.